The number of hydrogen-bond acceptors (Lipinski definition) is 5. The fourth-order valence-electron chi connectivity index (χ4n) is 2.17. The van der Waals surface area contributed by atoms with Crippen LogP contribution < -0.4 is 5.48 Å². The van der Waals surface area contributed by atoms with Crippen LogP contribution in [0.3, 0.4) is 0 Å². The molecule has 1 saturated heterocycles. The monoisotopic (exact) mass is 312 g/mol. The van der Waals surface area contributed by atoms with Crippen LogP contribution in [0.15, 0.2) is 24.3 Å². The zero-order valence-corrected chi connectivity index (χ0v) is 12.9. The Hall–Kier alpha value is -1.44. The van der Waals surface area contributed by atoms with Gasteiger partial charge in [0.05, 0.1) is 18.1 Å². The van der Waals surface area contributed by atoms with Gasteiger partial charge in [-0.3, -0.25) is 14.5 Å². The SMILES string of the molecule is CCONC(=O)c1cccc(CN2CCS(=O)(=O)CC2)c1. The van der Waals surface area contributed by atoms with E-state index in [1.54, 1.807) is 19.1 Å². The average Bonchev–Trinajstić information content (AvgIpc) is 2.47. The number of hydrogen-bond donors (Lipinski definition) is 1. The van der Waals surface area contributed by atoms with Crippen molar-refractivity contribution < 1.29 is 18.0 Å². The van der Waals surface area contributed by atoms with Gasteiger partial charge in [0.15, 0.2) is 9.84 Å². The number of benzene rings is 1. The Morgan fingerprint density at radius 1 is 1.33 bits per heavy atom. The second kappa shape index (κ2) is 7.02. The van der Waals surface area contributed by atoms with Gasteiger partial charge in [0.25, 0.3) is 5.91 Å². The molecule has 1 aromatic rings. The highest BCUT2D eigenvalue weighted by Crippen LogP contribution is 2.11. The van der Waals surface area contributed by atoms with Crippen molar-refractivity contribution in [3.05, 3.63) is 35.4 Å². The first-order chi connectivity index (χ1) is 10.00. The minimum absolute atomic E-state index is 0.206. The van der Waals surface area contributed by atoms with Crippen molar-refractivity contribution in [3.8, 4) is 0 Å². The standard InChI is InChI=1S/C14H20N2O4S/c1-2-20-15-14(17)13-5-3-4-12(10-13)11-16-6-8-21(18,19)9-7-16/h3-5,10H,2,6-9,11H2,1H3,(H,15,17). The van der Waals surface area contributed by atoms with E-state index in [1.807, 2.05) is 12.1 Å². The Morgan fingerprint density at radius 2 is 2.05 bits per heavy atom. The zero-order valence-electron chi connectivity index (χ0n) is 12.0. The molecule has 1 aliphatic heterocycles. The van der Waals surface area contributed by atoms with Crippen molar-refractivity contribution in [2.45, 2.75) is 13.5 Å². The van der Waals surface area contributed by atoms with Gasteiger partial charge in [-0.05, 0) is 24.6 Å². The van der Waals surface area contributed by atoms with E-state index in [2.05, 4.69) is 10.4 Å². The molecule has 7 heteroatoms. The maximum atomic E-state index is 11.8. The van der Waals surface area contributed by atoms with E-state index in [-0.39, 0.29) is 17.4 Å². The Kier molecular flexibility index (Phi) is 5.33. The fraction of sp³-hybridized carbons (Fsp3) is 0.500. The predicted molar refractivity (Wildman–Crippen MR) is 79.5 cm³/mol. The first kappa shape index (κ1) is 15.9. The van der Waals surface area contributed by atoms with Crippen LogP contribution in [0.25, 0.3) is 0 Å². The minimum Gasteiger partial charge on any atom is -0.297 e. The van der Waals surface area contributed by atoms with Gasteiger partial charge >= 0.3 is 0 Å². The summed E-state index contributed by atoms with van der Waals surface area (Å²) in [5.41, 5.74) is 3.88. The van der Waals surface area contributed by atoms with Crippen LogP contribution in [0.1, 0.15) is 22.8 Å². The third kappa shape index (κ3) is 4.80. The number of carbonyl (C=O) groups excluding carboxylic acids is 1. The number of rotatable bonds is 5. The van der Waals surface area contributed by atoms with Gasteiger partial charge in [0, 0.05) is 25.2 Å². The van der Waals surface area contributed by atoms with Gasteiger partial charge in [-0.25, -0.2) is 13.9 Å². The summed E-state index contributed by atoms with van der Waals surface area (Å²) < 4.78 is 22.8. The van der Waals surface area contributed by atoms with Gasteiger partial charge < -0.3 is 0 Å². The fourth-order valence-corrected chi connectivity index (χ4v) is 3.45. The second-order valence-electron chi connectivity index (χ2n) is 4.99. The third-order valence-electron chi connectivity index (χ3n) is 3.34. The summed E-state index contributed by atoms with van der Waals surface area (Å²) in [6.07, 6.45) is 0. The number of nitrogens with one attached hydrogen (secondary N) is 1. The highest BCUT2D eigenvalue weighted by molar-refractivity contribution is 7.91. The van der Waals surface area contributed by atoms with E-state index in [0.29, 0.717) is 31.8 Å². The van der Waals surface area contributed by atoms with Crippen LogP contribution in [-0.2, 0) is 21.2 Å². The molecular formula is C14H20N2O4S. The molecular weight excluding hydrogens is 292 g/mol. The molecule has 0 unspecified atom stereocenters. The van der Waals surface area contributed by atoms with Crippen molar-refractivity contribution in [2.24, 2.45) is 0 Å². The lowest BCUT2D eigenvalue weighted by Gasteiger charge is -2.26. The quantitative estimate of drug-likeness (QED) is 0.806. The molecule has 1 amide bonds. The lowest BCUT2D eigenvalue weighted by molar-refractivity contribution is 0.0364. The van der Waals surface area contributed by atoms with Crippen LogP contribution in [0.2, 0.25) is 0 Å². The molecule has 0 saturated carbocycles. The van der Waals surface area contributed by atoms with E-state index < -0.39 is 9.84 Å². The normalized spacial score (nSPS) is 18.3. The van der Waals surface area contributed by atoms with Crippen LogP contribution in [0.5, 0.6) is 0 Å². The maximum Gasteiger partial charge on any atom is 0.274 e. The van der Waals surface area contributed by atoms with E-state index in [0.717, 1.165) is 5.56 Å². The van der Waals surface area contributed by atoms with E-state index in [4.69, 9.17) is 4.84 Å². The number of hydroxylamine groups is 1. The van der Waals surface area contributed by atoms with Gasteiger partial charge in [-0.15, -0.1) is 0 Å². The molecule has 0 radical (unpaired) electrons. The van der Waals surface area contributed by atoms with E-state index >= 15 is 0 Å². The van der Waals surface area contributed by atoms with Crippen molar-refractivity contribution in [3.63, 3.8) is 0 Å². The predicted octanol–water partition coefficient (Wildman–Crippen LogP) is 0.598. The summed E-state index contributed by atoms with van der Waals surface area (Å²) in [5.74, 6) is 0.134. The molecule has 0 aliphatic carbocycles. The molecule has 0 aromatic heterocycles. The smallest absolute Gasteiger partial charge is 0.274 e. The maximum absolute atomic E-state index is 11.8. The lowest BCUT2D eigenvalue weighted by atomic mass is 10.1. The highest BCUT2D eigenvalue weighted by atomic mass is 32.2. The molecule has 1 aliphatic rings. The molecule has 1 aromatic carbocycles. The van der Waals surface area contributed by atoms with Crippen molar-refractivity contribution in [2.75, 3.05) is 31.2 Å². The van der Waals surface area contributed by atoms with Gasteiger partial charge in [-0.2, -0.15) is 0 Å². The Morgan fingerprint density at radius 3 is 2.71 bits per heavy atom. The molecule has 2 rings (SSSR count). The van der Waals surface area contributed by atoms with Crippen LogP contribution in [0.4, 0.5) is 0 Å². The minimum atomic E-state index is -2.86. The van der Waals surface area contributed by atoms with Gasteiger partial charge in [0.2, 0.25) is 0 Å². The molecule has 0 atom stereocenters. The summed E-state index contributed by atoms with van der Waals surface area (Å²) in [5, 5.41) is 0. The Labute approximate surface area is 125 Å². The molecule has 21 heavy (non-hydrogen) atoms. The first-order valence-electron chi connectivity index (χ1n) is 6.94. The largest absolute Gasteiger partial charge is 0.297 e. The van der Waals surface area contributed by atoms with Crippen molar-refractivity contribution >= 4 is 15.7 Å². The first-order valence-corrected chi connectivity index (χ1v) is 8.76. The zero-order chi connectivity index (χ0) is 15.3. The summed E-state index contributed by atoms with van der Waals surface area (Å²) >= 11 is 0. The second-order valence-corrected chi connectivity index (χ2v) is 7.30. The van der Waals surface area contributed by atoms with Gasteiger partial charge in [0.1, 0.15) is 0 Å². The van der Waals surface area contributed by atoms with Crippen LogP contribution in [0, 0.1) is 0 Å². The molecule has 0 spiro atoms. The van der Waals surface area contributed by atoms with E-state index in [9.17, 15) is 13.2 Å². The van der Waals surface area contributed by atoms with Crippen molar-refractivity contribution in [1.29, 1.82) is 0 Å². The number of sulfone groups is 1. The van der Waals surface area contributed by atoms with Crippen LogP contribution >= 0.6 is 0 Å². The lowest BCUT2D eigenvalue weighted by Crippen LogP contribution is -2.39. The Bertz CT molecular complexity index is 587. The van der Waals surface area contributed by atoms with Crippen molar-refractivity contribution in [1.82, 2.24) is 10.4 Å². The molecule has 1 heterocycles. The highest BCUT2D eigenvalue weighted by Gasteiger charge is 2.21. The topological polar surface area (TPSA) is 75.7 Å². The number of amides is 1. The molecule has 6 nitrogen and oxygen atoms in total. The summed E-state index contributed by atoms with van der Waals surface area (Å²) in [7, 11) is -2.86. The van der Waals surface area contributed by atoms with Crippen LogP contribution in [-0.4, -0.2) is 50.4 Å². The summed E-state index contributed by atoms with van der Waals surface area (Å²) in [6, 6.07) is 7.27. The molecule has 116 valence electrons. The molecule has 1 N–H and O–H groups in total. The third-order valence-corrected chi connectivity index (χ3v) is 4.95. The molecule has 1 fully saturated rings. The number of carbonyl (C=O) groups is 1. The number of nitrogens with zero attached hydrogens (tertiary/aromatic N) is 1. The van der Waals surface area contributed by atoms with Gasteiger partial charge in [-0.1, -0.05) is 12.1 Å². The molecule has 0 bridgehead atoms. The average molecular weight is 312 g/mol. The summed E-state index contributed by atoms with van der Waals surface area (Å²) in [6.45, 7) is 3.93. The van der Waals surface area contributed by atoms with E-state index in [1.165, 1.54) is 0 Å². The summed E-state index contributed by atoms with van der Waals surface area (Å²) in [4.78, 5) is 18.8. The Balaban J connectivity index is 1.97.